The molecule has 19 heavy (non-hydrogen) atoms. The predicted octanol–water partition coefficient (Wildman–Crippen LogP) is 1.71. The average Bonchev–Trinajstić information content (AvgIpc) is 2.71. The molecule has 2 rings (SSSR count). The second kappa shape index (κ2) is 5.32. The summed E-state index contributed by atoms with van der Waals surface area (Å²) in [4.78, 5) is 16.1. The Hall–Kier alpha value is -2.01. The number of nitrogens with zero attached hydrogens (tertiary/aromatic N) is 1. The van der Waals surface area contributed by atoms with Crippen molar-refractivity contribution in [2.75, 3.05) is 18.5 Å². The molecule has 0 aliphatic rings. The Labute approximate surface area is 112 Å². The van der Waals surface area contributed by atoms with Crippen molar-refractivity contribution in [2.45, 2.75) is 19.4 Å². The summed E-state index contributed by atoms with van der Waals surface area (Å²) >= 11 is 0. The first kappa shape index (κ1) is 13.4. The number of aromatic nitrogens is 1. The van der Waals surface area contributed by atoms with Gasteiger partial charge in [-0.05, 0) is 19.4 Å². The van der Waals surface area contributed by atoms with Crippen molar-refractivity contribution in [1.82, 2.24) is 4.98 Å². The number of aryl methyl sites for hydroxylation is 1. The minimum absolute atomic E-state index is 0.421. The zero-order valence-electron chi connectivity index (χ0n) is 11.2. The number of carboxylic acids is 1. The minimum Gasteiger partial charge on any atom is -0.480 e. The van der Waals surface area contributed by atoms with Crippen LogP contribution in [0.5, 0.6) is 0 Å². The molecule has 0 saturated heterocycles. The van der Waals surface area contributed by atoms with Crippen LogP contribution in [0.15, 0.2) is 24.3 Å². The van der Waals surface area contributed by atoms with E-state index in [1.807, 2.05) is 32.2 Å². The van der Waals surface area contributed by atoms with Gasteiger partial charge in [0.05, 0.1) is 5.69 Å². The van der Waals surface area contributed by atoms with Gasteiger partial charge >= 0.3 is 5.97 Å². The van der Waals surface area contributed by atoms with Crippen LogP contribution in [0, 0.1) is 6.92 Å². The molecule has 0 amide bonds. The van der Waals surface area contributed by atoms with Crippen molar-refractivity contribution in [3.05, 3.63) is 30.0 Å². The molecule has 4 N–H and O–H groups in total. The van der Waals surface area contributed by atoms with Crippen LogP contribution < -0.4 is 10.6 Å². The summed E-state index contributed by atoms with van der Waals surface area (Å²) in [6, 6.07) is 7.26. The van der Waals surface area contributed by atoms with E-state index in [0.717, 1.165) is 22.3 Å². The van der Waals surface area contributed by atoms with Crippen LogP contribution in [-0.4, -0.2) is 35.7 Å². The number of para-hydroxylation sites is 1. The highest BCUT2D eigenvalue weighted by atomic mass is 16.4. The molecule has 0 aliphatic carbocycles. The third-order valence-electron chi connectivity index (χ3n) is 3.33. The maximum absolute atomic E-state index is 10.7. The molecule has 1 aromatic carbocycles. The molecule has 5 nitrogen and oxygen atoms in total. The Morgan fingerprint density at radius 2 is 2.16 bits per heavy atom. The van der Waals surface area contributed by atoms with Gasteiger partial charge in [-0.15, -0.1) is 0 Å². The molecule has 102 valence electrons. The number of hydrogen-bond donors (Lipinski definition) is 3. The number of anilines is 1. The summed E-state index contributed by atoms with van der Waals surface area (Å²) in [5, 5.41) is 9.95. The number of rotatable bonds is 5. The molecule has 0 bridgehead atoms. The first-order valence-electron chi connectivity index (χ1n) is 6.27. The van der Waals surface area contributed by atoms with Gasteiger partial charge in [-0.2, -0.15) is 0 Å². The number of aromatic amines is 1. The summed E-state index contributed by atoms with van der Waals surface area (Å²) in [7, 11) is 1.96. The van der Waals surface area contributed by atoms with E-state index in [9.17, 15) is 4.79 Å². The Balaban J connectivity index is 2.19. The first-order chi connectivity index (χ1) is 9.00. The fourth-order valence-corrected chi connectivity index (χ4v) is 2.32. The van der Waals surface area contributed by atoms with Crippen LogP contribution in [0.4, 0.5) is 5.69 Å². The minimum atomic E-state index is -0.955. The van der Waals surface area contributed by atoms with Gasteiger partial charge in [0, 0.05) is 30.2 Å². The number of benzene rings is 1. The predicted molar refractivity (Wildman–Crippen MR) is 76.5 cm³/mol. The largest absolute Gasteiger partial charge is 0.480 e. The average molecular weight is 261 g/mol. The van der Waals surface area contributed by atoms with Crippen molar-refractivity contribution in [3.63, 3.8) is 0 Å². The van der Waals surface area contributed by atoms with Crippen LogP contribution in [0.3, 0.4) is 0 Å². The maximum atomic E-state index is 10.7. The van der Waals surface area contributed by atoms with Gasteiger partial charge in [0.25, 0.3) is 0 Å². The maximum Gasteiger partial charge on any atom is 0.320 e. The fraction of sp³-hybridized carbons (Fsp3) is 0.357. The zero-order valence-corrected chi connectivity index (χ0v) is 11.2. The van der Waals surface area contributed by atoms with E-state index < -0.39 is 12.0 Å². The van der Waals surface area contributed by atoms with E-state index in [-0.39, 0.29) is 0 Å². The number of nitrogens with one attached hydrogen (secondary N) is 1. The number of aliphatic carboxylic acids is 1. The molecule has 5 heteroatoms. The van der Waals surface area contributed by atoms with Gasteiger partial charge in [0.1, 0.15) is 6.04 Å². The summed E-state index contributed by atoms with van der Waals surface area (Å²) < 4.78 is 0. The van der Waals surface area contributed by atoms with Crippen molar-refractivity contribution in [2.24, 2.45) is 5.73 Å². The topological polar surface area (TPSA) is 82.3 Å². The molecule has 0 spiro atoms. The number of carboxylic acid groups (broad SMARTS) is 1. The molecule has 0 aliphatic heterocycles. The number of carbonyl (C=O) groups is 1. The lowest BCUT2D eigenvalue weighted by Crippen LogP contribution is -2.34. The van der Waals surface area contributed by atoms with Crippen molar-refractivity contribution >= 4 is 22.6 Å². The molecule has 1 aromatic heterocycles. The Bertz CT molecular complexity index is 591. The number of H-pyrrole nitrogens is 1. The van der Waals surface area contributed by atoms with E-state index in [2.05, 4.69) is 16.0 Å². The first-order valence-corrected chi connectivity index (χ1v) is 6.27. The number of fused-ring (bicyclic) bond motifs is 1. The van der Waals surface area contributed by atoms with E-state index >= 15 is 0 Å². The normalized spacial score (nSPS) is 12.6. The monoisotopic (exact) mass is 261 g/mol. The molecule has 0 fully saturated rings. The van der Waals surface area contributed by atoms with Gasteiger partial charge in [-0.25, -0.2) is 0 Å². The lowest BCUT2D eigenvalue weighted by atomic mass is 10.2. The summed E-state index contributed by atoms with van der Waals surface area (Å²) in [6.45, 7) is 2.62. The van der Waals surface area contributed by atoms with Gasteiger partial charge in [0.15, 0.2) is 0 Å². The fourth-order valence-electron chi connectivity index (χ4n) is 2.32. The molecule has 0 radical (unpaired) electrons. The summed E-state index contributed by atoms with van der Waals surface area (Å²) in [5.74, 6) is -0.955. The van der Waals surface area contributed by atoms with E-state index in [0.29, 0.717) is 13.0 Å². The molecule has 0 saturated carbocycles. The van der Waals surface area contributed by atoms with Gasteiger partial charge in [-0.1, -0.05) is 18.2 Å². The smallest absolute Gasteiger partial charge is 0.320 e. The third kappa shape index (κ3) is 2.71. The molecule has 1 atom stereocenters. The molecule has 1 unspecified atom stereocenters. The highest BCUT2D eigenvalue weighted by molar-refractivity contribution is 5.94. The van der Waals surface area contributed by atoms with Crippen LogP contribution in [0.25, 0.3) is 10.9 Å². The van der Waals surface area contributed by atoms with E-state index in [4.69, 9.17) is 10.8 Å². The van der Waals surface area contributed by atoms with E-state index in [1.54, 1.807) is 0 Å². The highest BCUT2D eigenvalue weighted by Gasteiger charge is 2.15. The van der Waals surface area contributed by atoms with Gasteiger partial charge < -0.3 is 20.7 Å². The zero-order chi connectivity index (χ0) is 14.0. The second-order valence-corrected chi connectivity index (χ2v) is 4.80. The lowest BCUT2D eigenvalue weighted by molar-refractivity contribution is -0.138. The second-order valence-electron chi connectivity index (χ2n) is 4.80. The van der Waals surface area contributed by atoms with Crippen LogP contribution in [-0.2, 0) is 4.79 Å². The molecule has 2 aromatic rings. The quantitative estimate of drug-likeness (QED) is 0.765. The third-order valence-corrected chi connectivity index (χ3v) is 3.33. The SMILES string of the molecule is Cc1[nH]c2ccccc2c1N(C)CCC(N)C(=O)O. The van der Waals surface area contributed by atoms with Crippen molar-refractivity contribution in [3.8, 4) is 0 Å². The Kier molecular flexibility index (Phi) is 3.76. The highest BCUT2D eigenvalue weighted by Crippen LogP contribution is 2.29. The summed E-state index contributed by atoms with van der Waals surface area (Å²) in [6.07, 6.45) is 0.421. The van der Waals surface area contributed by atoms with Crippen LogP contribution in [0.1, 0.15) is 12.1 Å². The standard InChI is InChI=1S/C14H19N3O2/c1-9-13(10-5-3-4-6-12(10)16-9)17(2)8-7-11(15)14(18)19/h3-6,11,16H,7-8,15H2,1-2H3,(H,18,19). The van der Waals surface area contributed by atoms with Crippen molar-refractivity contribution in [1.29, 1.82) is 0 Å². The lowest BCUT2D eigenvalue weighted by Gasteiger charge is -2.20. The Morgan fingerprint density at radius 3 is 2.84 bits per heavy atom. The van der Waals surface area contributed by atoms with Crippen molar-refractivity contribution < 1.29 is 9.90 Å². The van der Waals surface area contributed by atoms with Crippen LogP contribution >= 0.6 is 0 Å². The molecular weight excluding hydrogens is 242 g/mol. The summed E-state index contributed by atoms with van der Waals surface area (Å²) in [5.41, 5.74) is 8.80. The number of hydrogen-bond acceptors (Lipinski definition) is 3. The molecular formula is C14H19N3O2. The van der Waals surface area contributed by atoms with Gasteiger partial charge in [-0.3, -0.25) is 4.79 Å². The Morgan fingerprint density at radius 1 is 1.47 bits per heavy atom. The molecule has 1 heterocycles. The van der Waals surface area contributed by atoms with E-state index in [1.165, 1.54) is 0 Å². The number of nitrogens with two attached hydrogens (primary N) is 1. The van der Waals surface area contributed by atoms with Gasteiger partial charge in [0.2, 0.25) is 0 Å². The van der Waals surface area contributed by atoms with Crippen LogP contribution in [0.2, 0.25) is 0 Å².